The minimum absolute atomic E-state index is 0.140. The summed E-state index contributed by atoms with van der Waals surface area (Å²) in [7, 11) is 0. The number of Topliss-reactive ketones (excluding diaryl/α,β-unsaturated/α-hetero) is 1. The zero-order valence-corrected chi connectivity index (χ0v) is 12.7. The van der Waals surface area contributed by atoms with Crippen molar-refractivity contribution >= 4 is 17.3 Å². The van der Waals surface area contributed by atoms with Crippen LogP contribution in [0.5, 0.6) is 0 Å². The summed E-state index contributed by atoms with van der Waals surface area (Å²) in [4.78, 5) is 19.5. The van der Waals surface area contributed by atoms with Gasteiger partial charge in [0, 0.05) is 18.7 Å². The number of carbonyl (C=O) groups excluding carboxylic acids is 1. The predicted octanol–water partition coefficient (Wildman–Crippen LogP) is 3.84. The van der Waals surface area contributed by atoms with Gasteiger partial charge >= 0.3 is 0 Å². The largest absolute Gasteiger partial charge is 0.324 e. The van der Waals surface area contributed by atoms with Gasteiger partial charge in [0.25, 0.3) is 0 Å². The molecule has 0 N–H and O–H groups in total. The third-order valence-corrected chi connectivity index (χ3v) is 4.54. The lowest BCUT2D eigenvalue weighted by Gasteiger charge is -2.38. The van der Waals surface area contributed by atoms with Gasteiger partial charge < -0.3 is 4.90 Å². The molecule has 2 aliphatic heterocycles. The number of rotatable bonds is 2. The van der Waals surface area contributed by atoms with E-state index in [1.54, 1.807) is 12.1 Å². The van der Waals surface area contributed by atoms with E-state index in [0.29, 0.717) is 6.54 Å². The van der Waals surface area contributed by atoms with Crippen molar-refractivity contribution in [1.82, 2.24) is 0 Å². The van der Waals surface area contributed by atoms with Crippen LogP contribution in [0.15, 0.2) is 53.5 Å². The Morgan fingerprint density at radius 1 is 1.13 bits per heavy atom. The lowest BCUT2D eigenvalue weighted by molar-refractivity contribution is 0.0943. The molecule has 4 heteroatoms. The molecular weight excluding hydrogens is 291 g/mol. The van der Waals surface area contributed by atoms with Gasteiger partial charge in [0.15, 0.2) is 5.78 Å². The second-order valence-corrected chi connectivity index (χ2v) is 6.03. The number of para-hydroxylation sites is 1. The zero-order chi connectivity index (χ0) is 15.8. The normalized spacial score (nSPS) is 19.9. The van der Waals surface area contributed by atoms with Crippen LogP contribution in [0.4, 0.5) is 10.1 Å². The molecule has 3 nitrogen and oxygen atoms in total. The SMILES string of the molecule is O=C1c2ccccc2N(Cc2ccc(F)cc2)C2=NCCC[C@@H]12. The fraction of sp³-hybridized carbons (Fsp3) is 0.263. The summed E-state index contributed by atoms with van der Waals surface area (Å²) in [6, 6.07) is 14.2. The molecule has 0 saturated carbocycles. The Kier molecular flexibility index (Phi) is 3.45. The number of benzene rings is 2. The number of nitrogens with zero attached hydrogens (tertiary/aromatic N) is 2. The number of aliphatic imine (C=N–C) groups is 1. The Hall–Kier alpha value is -2.49. The predicted molar refractivity (Wildman–Crippen MR) is 88.4 cm³/mol. The van der Waals surface area contributed by atoms with Gasteiger partial charge in [-0.1, -0.05) is 24.3 Å². The molecule has 0 saturated heterocycles. The third kappa shape index (κ3) is 2.44. The molecule has 2 heterocycles. The van der Waals surface area contributed by atoms with Crippen molar-refractivity contribution in [3.63, 3.8) is 0 Å². The number of fused-ring (bicyclic) bond motifs is 2. The van der Waals surface area contributed by atoms with Crippen molar-refractivity contribution in [2.24, 2.45) is 10.9 Å². The Morgan fingerprint density at radius 3 is 2.74 bits per heavy atom. The van der Waals surface area contributed by atoms with Gasteiger partial charge in [0.1, 0.15) is 11.7 Å². The maximum absolute atomic E-state index is 13.1. The third-order valence-electron chi connectivity index (χ3n) is 4.54. The second-order valence-electron chi connectivity index (χ2n) is 6.03. The standard InChI is InChI=1S/C19H17FN2O/c20-14-9-7-13(8-10-14)12-22-17-6-2-1-4-15(17)18(23)16-5-3-11-21-19(16)22/h1-2,4,6-10,16H,3,5,11-12H2/t16-/m0/s1. The Labute approximate surface area is 134 Å². The van der Waals surface area contributed by atoms with Crippen LogP contribution in [-0.2, 0) is 6.54 Å². The molecule has 0 aliphatic carbocycles. The van der Waals surface area contributed by atoms with Gasteiger partial charge in [-0.2, -0.15) is 0 Å². The van der Waals surface area contributed by atoms with Crippen molar-refractivity contribution in [3.05, 3.63) is 65.5 Å². The molecule has 2 aliphatic rings. The summed E-state index contributed by atoms with van der Waals surface area (Å²) < 4.78 is 13.1. The molecule has 1 atom stereocenters. The molecule has 0 amide bonds. The fourth-order valence-electron chi connectivity index (χ4n) is 3.42. The minimum atomic E-state index is -0.240. The van der Waals surface area contributed by atoms with Crippen molar-refractivity contribution in [1.29, 1.82) is 0 Å². The highest BCUT2D eigenvalue weighted by atomic mass is 19.1. The summed E-state index contributed by atoms with van der Waals surface area (Å²) in [5, 5.41) is 0. The molecule has 0 radical (unpaired) electrons. The van der Waals surface area contributed by atoms with E-state index in [1.165, 1.54) is 12.1 Å². The van der Waals surface area contributed by atoms with Crippen LogP contribution in [0.3, 0.4) is 0 Å². The highest BCUT2D eigenvalue weighted by Crippen LogP contribution is 2.35. The highest BCUT2D eigenvalue weighted by molar-refractivity contribution is 6.23. The molecule has 0 spiro atoms. The number of anilines is 1. The summed E-state index contributed by atoms with van der Waals surface area (Å²) in [6.07, 6.45) is 1.80. The summed E-state index contributed by atoms with van der Waals surface area (Å²) >= 11 is 0. The fourth-order valence-corrected chi connectivity index (χ4v) is 3.42. The molecule has 116 valence electrons. The van der Waals surface area contributed by atoms with E-state index in [2.05, 4.69) is 9.89 Å². The van der Waals surface area contributed by atoms with E-state index >= 15 is 0 Å². The first-order valence-electron chi connectivity index (χ1n) is 7.93. The van der Waals surface area contributed by atoms with Crippen LogP contribution >= 0.6 is 0 Å². The van der Waals surface area contributed by atoms with Crippen molar-refractivity contribution in [3.8, 4) is 0 Å². The maximum atomic E-state index is 13.1. The first-order chi connectivity index (χ1) is 11.2. The number of carbonyl (C=O) groups is 1. The van der Waals surface area contributed by atoms with Crippen molar-refractivity contribution in [2.45, 2.75) is 19.4 Å². The molecule has 2 aromatic carbocycles. The zero-order valence-electron chi connectivity index (χ0n) is 12.7. The lowest BCUT2D eigenvalue weighted by atomic mass is 9.85. The van der Waals surface area contributed by atoms with Crippen molar-refractivity contribution < 1.29 is 9.18 Å². The smallest absolute Gasteiger partial charge is 0.175 e. The number of amidine groups is 1. The van der Waals surface area contributed by atoms with E-state index in [1.807, 2.05) is 24.3 Å². The first kappa shape index (κ1) is 14.1. The molecular formula is C19H17FN2O. The van der Waals surface area contributed by atoms with Crippen molar-refractivity contribution in [2.75, 3.05) is 11.4 Å². The van der Waals surface area contributed by atoms with Crippen LogP contribution in [0.2, 0.25) is 0 Å². The van der Waals surface area contributed by atoms with E-state index in [-0.39, 0.29) is 17.5 Å². The number of hydrogen-bond acceptors (Lipinski definition) is 3. The topological polar surface area (TPSA) is 32.7 Å². The van der Waals surface area contributed by atoms with E-state index in [4.69, 9.17) is 0 Å². The highest BCUT2D eigenvalue weighted by Gasteiger charge is 2.38. The van der Waals surface area contributed by atoms with Gasteiger partial charge in [0.2, 0.25) is 0 Å². The summed E-state index contributed by atoms with van der Waals surface area (Å²) in [5.41, 5.74) is 2.67. The van der Waals surface area contributed by atoms with E-state index in [9.17, 15) is 9.18 Å². The Balaban J connectivity index is 1.78. The molecule has 2 aromatic rings. The van der Waals surface area contributed by atoms with Crippen LogP contribution < -0.4 is 4.90 Å². The van der Waals surface area contributed by atoms with E-state index in [0.717, 1.165) is 42.0 Å². The monoisotopic (exact) mass is 308 g/mol. The quantitative estimate of drug-likeness (QED) is 0.844. The first-order valence-corrected chi connectivity index (χ1v) is 7.93. The molecule has 0 unspecified atom stereocenters. The molecule has 0 aromatic heterocycles. The Bertz CT molecular complexity index is 782. The maximum Gasteiger partial charge on any atom is 0.175 e. The summed E-state index contributed by atoms with van der Waals surface area (Å²) in [5.74, 6) is 0.661. The van der Waals surface area contributed by atoms with Gasteiger partial charge in [-0.05, 0) is 42.7 Å². The molecule has 0 bridgehead atoms. The average molecular weight is 308 g/mol. The van der Waals surface area contributed by atoms with Crippen LogP contribution in [0.25, 0.3) is 0 Å². The minimum Gasteiger partial charge on any atom is -0.324 e. The lowest BCUT2D eigenvalue weighted by Crippen LogP contribution is -2.46. The van der Waals surface area contributed by atoms with Gasteiger partial charge in [0.05, 0.1) is 11.6 Å². The van der Waals surface area contributed by atoms with Crippen LogP contribution in [-0.4, -0.2) is 18.2 Å². The van der Waals surface area contributed by atoms with Gasteiger partial charge in [-0.25, -0.2) is 4.39 Å². The number of halogens is 1. The average Bonchev–Trinajstić information content (AvgIpc) is 2.60. The number of hydrogen-bond donors (Lipinski definition) is 0. The Morgan fingerprint density at radius 2 is 1.91 bits per heavy atom. The summed E-state index contributed by atoms with van der Waals surface area (Å²) in [6.45, 7) is 1.36. The van der Waals surface area contributed by atoms with Crippen LogP contribution in [0, 0.1) is 11.7 Å². The van der Waals surface area contributed by atoms with Crippen LogP contribution in [0.1, 0.15) is 28.8 Å². The van der Waals surface area contributed by atoms with Gasteiger partial charge in [-0.15, -0.1) is 0 Å². The molecule has 23 heavy (non-hydrogen) atoms. The van der Waals surface area contributed by atoms with Gasteiger partial charge in [-0.3, -0.25) is 9.79 Å². The molecule has 4 rings (SSSR count). The second kappa shape index (κ2) is 5.61. The molecule has 0 fully saturated rings. The number of ketones is 1. The van der Waals surface area contributed by atoms with E-state index < -0.39 is 0 Å².